The molecule has 25 heavy (non-hydrogen) atoms. The van der Waals surface area contributed by atoms with Crippen LogP contribution in [0.3, 0.4) is 0 Å². The first-order valence-electron chi connectivity index (χ1n) is 9.30. The normalized spacial score (nSPS) is 32.2. The van der Waals surface area contributed by atoms with Gasteiger partial charge in [0.1, 0.15) is 6.10 Å². The third kappa shape index (κ3) is 3.25. The van der Waals surface area contributed by atoms with Crippen molar-refractivity contribution in [3.05, 3.63) is 22.4 Å². The number of esters is 1. The minimum Gasteiger partial charge on any atom is -0.458 e. The number of rotatable bonds is 4. The number of hydrogen-bond acceptors (Lipinski definition) is 5. The van der Waals surface area contributed by atoms with Crippen LogP contribution < -0.4 is 0 Å². The molecule has 4 nitrogen and oxygen atoms in total. The van der Waals surface area contributed by atoms with E-state index in [1.807, 2.05) is 17.5 Å². The number of halogens is 1. The second kappa shape index (κ2) is 7.55. The molecule has 0 unspecified atom stereocenters. The maximum Gasteiger partial charge on any atom is 0.344 e. The molecule has 4 atom stereocenters. The van der Waals surface area contributed by atoms with Gasteiger partial charge in [0.25, 0.3) is 0 Å². The molecule has 4 rings (SSSR count). The lowest BCUT2D eigenvalue weighted by atomic mass is 9.84. The first kappa shape index (κ1) is 19.2. The van der Waals surface area contributed by atoms with Gasteiger partial charge in [0.2, 0.25) is 0 Å². The molecule has 0 amide bonds. The van der Waals surface area contributed by atoms with E-state index in [1.165, 1.54) is 17.8 Å². The molecule has 3 fully saturated rings. The number of piperidine rings is 1. The van der Waals surface area contributed by atoms with Crippen LogP contribution in [0, 0.1) is 5.92 Å². The zero-order valence-corrected chi connectivity index (χ0v) is 16.4. The van der Waals surface area contributed by atoms with Gasteiger partial charge in [-0.25, -0.2) is 4.79 Å². The van der Waals surface area contributed by atoms with Gasteiger partial charge in [0.05, 0.1) is 0 Å². The van der Waals surface area contributed by atoms with E-state index in [9.17, 15) is 9.90 Å². The van der Waals surface area contributed by atoms with Gasteiger partial charge in [-0.3, -0.25) is 4.90 Å². The Hall–Kier alpha value is -0.620. The summed E-state index contributed by atoms with van der Waals surface area (Å²) in [7, 11) is 2.14. The number of nitrogens with zero attached hydrogens (tertiary/aromatic N) is 1. The number of fused-ring (bicyclic) bond motifs is 2. The van der Waals surface area contributed by atoms with Crippen LogP contribution in [0.4, 0.5) is 0 Å². The van der Waals surface area contributed by atoms with Crippen molar-refractivity contribution in [1.29, 1.82) is 0 Å². The topological polar surface area (TPSA) is 49.8 Å². The van der Waals surface area contributed by atoms with Gasteiger partial charge >= 0.3 is 5.97 Å². The van der Waals surface area contributed by atoms with Crippen LogP contribution in [0.1, 0.15) is 56.2 Å². The van der Waals surface area contributed by atoms with Crippen LogP contribution in [0.15, 0.2) is 17.5 Å². The average molecular weight is 386 g/mol. The number of thiophene rings is 1. The van der Waals surface area contributed by atoms with E-state index in [0.29, 0.717) is 12.1 Å². The molecule has 1 aromatic rings. The maximum atomic E-state index is 13.1. The summed E-state index contributed by atoms with van der Waals surface area (Å²) >= 11 is 1.46. The molecule has 1 aliphatic carbocycles. The summed E-state index contributed by atoms with van der Waals surface area (Å²) in [6.45, 7) is 0. The number of carbonyl (C=O) groups excluding carboxylic acids is 1. The van der Waals surface area contributed by atoms with Crippen molar-refractivity contribution in [2.75, 3.05) is 7.05 Å². The van der Waals surface area contributed by atoms with Crippen LogP contribution in [0.2, 0.25) is 0 Å². The van der Waals surface area contributed by atoms with E-state index >= 15 is 0 Å². The lowest BCUT2D eigenvalue weighted by Crippen LogP contribution is -2.50. The Morgan fingerprint density at radius 2 is 1.96 bits per heavy atom. The van der Waals surface area contributed by atoms with Crippen molar-refractivity contribution < 1.29 is 14.6 Å². The van der Waals surface area contributed by atoms with Crippen LogP contribution >= 0.6 is 23.7 Å². The van der Waals surface area contributed by atoms with Crippen molar-refractivity contribution in [1.82, 2.24) is 4.90 Å². The van der Waals surface area contributed by atoms with Crippen molar-refractivity contribution in [2.45, 2.75) is 75.2 Å². The fraction of sp³-hybridized carbons (Fsp3) is 0.737. The van der Waals surface area contributed by atoms with E-state index in [4.69, 9.17) is 4.74 Å². The summed E-state index contributed by atoms with van der Waals surface area (Å²) in [6.07, 6.45) is 8.22. The second-order valence-electron chi connectivity index (χ2n) is 7.71. The standard InChI is InChI=1S/C19H27NO3S.ClH/c1-20-14-8-10-15(20)16(11-9-14)23-18(21)19(22,13-5-2-3-6-13)17-7-4-12-24-17;/h4,7,12-16,22H,2-3,5-6,8-11H2,1H3;1H/t14-,15+,16+,19+;/m1./s1. The molecule has 1 aromatic heterocycles. The fourth-order valence-corrected chi connectivity index (χ4v) is 5.95. The Balaban J connectivity index is 0.00000182. The second-order valence-corrected chi connectivity index (χ2v) is 8.66. The number of likely N-dealkylation sites (N-methyl/N-ethyl adjacent to an activating group) is 1. The van der Waals surface area contributed by atoms with Crippen molar-refractivity contribution in [3.8, 4) is 0 Å². The van der Waals surface area contributed by atoms with Crippen LogP contribution in [-0.4, -0.2) is 41.2 Å². The Kier molecular flexibility index (Phi) is 5.78. The minimum atomic E-state index is -1.46. The molecule has 1 N–H and O–H groups in total. The molecular weight excluding hydrogens is 358 g/mol. The highest BCUT2D eigenvalue weighted by Crippen LogP contribution is 2.44. The summed E-state index contributed by atoms with van der Waals surface area (Å²) in [4.78, 5) is 16.2. The third-order valence-electron chi connectivity index (χ3n) is 6.52. The molecule has 3 heterocycles. The van der Waals surface area contributed by atoms with E-state index in [1.54, 1.807) is 0 Å². The van der Waals surface area contributed by atoms with Crippen LogP contribution in [0.25, 0.3) is 0 Å². The van der Waals surface area contributed by atoms with E-state index in [2.05, 4.69) is 11.9 Å². The largest absolute Gasteiger partial charge is 0.458 e. The molecular formula is C19H28ClNO3S. The van der Waals surface area contributed by atoms with Crippen molar-refractivity contribution >= 4 is 29.7 Å². The molecule has 0 aromatic carbocycles. The lowest BCUT2D eigenvalue weighted by Gasteiger charge is -2.39. The Morgan fingerprint density at radius 3 is 2.64 bits per heavy atom. The van der Waals surface area contributed by atoms with Crippen LogP contribution in [-0.2, 0) is 15.1 Å². The van der Waals surface area contributed by atoms with E-state index in [-0.39, 0.29) is 24.4 Å². The molecule has 1 saturated carbocycles. The summed E-state index contributed by atoms with van der Waals surface area (Å²) < 4.78 is 5.97. The Bertz CT molecular complexity index is 589. The molecule has 2 bridgehead atoms. The quantitative estimate of drug-likeness (QED) is 0.802. The highest BCUT2D eigenvalue weighted by Gasteiger charge is 2.51. The summed E-state index contributed by atoms with van der Waals surface area (Å²) in [5, 5.41) is 13.4. The molecule has 0 spiro atoms. The summed E-state index contributed by atoms with van der Waals surface area (Å²) in [5.74, 6) is -0.429. The van der Waals surface area contributed by atoms with E-state index < -0.39 is 11.6 Å². The SMILES string of the molecule is CN1[C@H]2CC[C@H](OC(=O)[C@@](O)(c3cccs3)C3CCCC3)[C@@H]1CC2.Cl. The van der Waals surface area contributed by atoms with Gasteiger partial charge in [-0.2, -0.15) is 0 Å². The lowest BCUT2D eigenvalue weighted by molar-refractivity contribution is -0.183. The minimum absolute atomic E-state index is 0. The molecule has 140 valence electrons. The number of ether oxygens (including phenoxy) is 1. The molecule has 6 heteroatoms. The van der Waals surface area contributed by atoms with Gasteiger partial charge in [0, 0.05) is 22.9 Å². The first-order valence-corrected chi connectivity index (χ1v) is 10.2. The average Bonchev–Trinajstić information content (AvgIpc) is 3.31. The van der Waals surface area contributed by atoms with Crippen LogP contribution in [0.5, 0.6) is 0 Å². The fourth-order valence-electron chi connectivity index (χ4n) is 5.06. The zero-order valence-electron chi connectivity index (χ0n) is 14.7. The number of aliphatic hydroxyl groups is 1. The Labute approximate surface area is 160 Å². The third-order valence-corrected chi connectivity index (χ3v) is 7.52. The Morgan fingerprint density at radius 1 is 1.24 bits per heavy atom. The van der Waals surface area contributed by atoms with Gasteiger partial charge in [-0.1, -0.05) is 18.9 Å². The first-order chi connectivity index (χ1) is 11.6. The number of hydrogen-bond donors (Lipinski definition) is 1. The van der Waals surface area contributed by atoms with Gasteiger partial charge in [0.15, 0.2) is 5.60 Å². The highest BCUT2D eigenvalue weighted by molar-refractivity contribution is 7.10. The van der Waals surface area contributed by atoms with Gasteiger partial charge in [-0.15, -0.1) is 23.7 Å². The van der Waals surface area contributed by atoms with Gasteiger partial charge < -0.3 is 9.84 Å². The molecule has 0 radical (unpaired) electrons. The number of carbonyl (C=O) groups is 1. The highest BCUT2D eigenvalue weighted by atomic mass is 35.5. The van der Waals surface area contributed by atoms with Crippen molar-refractivity contribution in [2.24, 2.45) is 5.92 Å². The summed E-state index contributed by atoms with van der Waals surface area (Å²) in [6, 6.07) is 4.76. The molecule has 2 saturated heterocycles. The zero-order chi connectivity index (χ0) is 16.7. The smallest absolute Gasteiger partial charge is 0.344 e. The van der Waals surface area contributed by atoms with E-state index in [0.717, 1.165) is 49.8 Å². The molecule has 2 aliphatic heterocycles. The predicted octanol–water partition coefficient (Wildman–Crippen LogP) is 3.72. The van der Waals surface area contributed by atoms with Crippen molar-refractivity contribution in [3.63, 3.8) is 0 Å². The van der Waals surface area contributed by atoms with Gasteiger partial charge in [-0.05, 0) is 57.0 Å². The monoisotopic (exact) mass is 385 g/mol. The molecule has 3 aliphatic rings. The predicted molar refractivity (Wildman–Crippen MR) is 101 cm³/mol. The maximum absolute atomic E-state index is 13.1. The summed E-state index contributed by atoms with van der Waals surface area (Å²) in [5.41, 5.74) is -1.46.